The summed E-state index contributed by atoms with van der Waals surface area (Å²) in [5.41, 5.74) is 5.33. The van der Waals surface area contributed by atoms with Gasteiger partial charge in [0, 0.05) is 12.3 Å². The van der Waals surface area contributed by atoms with Gasteiger partial charge in [0.1, 0.15) is 25.3 Å². The number of carbonyl (C=O) groups is 3. The van der Waals surface area contributed by atoms with Crippen LogP contribution in [0.1, 0.15) is 36.5 Å². The lowest BCUT2D eigenvalue weighted by Crippen LogP contribution is -2.54. The molecule has 5 rings (SSSR count). The summed E-state index contributed by atoms with van der Waals surface area (Å²) < 4.78 is 11.0. The van der Waals surface area contributed by atoms with E-state index in [1.54, 1.807) is 0 Å². The van der Waals surface area contributed by atoms with E-state index in [1.807, 2.05) is 80.6 Å². The summed E-state index contributed by atoms with van der Waals surface area (Å²) >= 11 is 0. The summed E-state index contributed by atoms with van der Waals surface area (Å²) in [4.78, 5) is 39.7. The molecule has 2 N–H and O–H groups in total. The Hall–Kier alpha value is -4.91. The molecule has 4 aromatic rings. The van der Waals surface area contributed by atoms with Crippen LogP contribution in [-0.2, 0) is 25.5 Å². The zero-order chi connectivity index (χ0) is 30.3. The summed E-state index contributed by atoms with van der Waals surface area (Å²) in [5, 5.41) is 7.59. The summed E-state index contributed by atoms with van der Waals surface area (Å²) in [6, 6.07) is 28.0. The summed E-state index contributed by atoms with van der Waals surface area (Å²) in [7, 11) is 0. The van der Waals surface area contributed by atoms with Crippen LogP contribution in [0.2, 0.25) is 0 Å². The fraction of sp³-hybridized carbons (Fsp3) is 0.250. The minimum absolute atomic E-state index is 0.0371. The molecule has 0 saturated heterocycles. The Kier molecular flexibility index (Phi) is 9.20. The number of nitrogens with one attached hydrogen (secondary N) is 2. The molecule has 43 heavy (non-hydrogen) atoms. The molecule has 0 aromatic heterocycles. The highest BCUT2D eigenvalue weighted by atomic mass is 16.5. The molecule has 0 heterocycles. The summed E-state index contributed by atoms with van der Waals surface area (Å²) in [5.74, 6) is -1.42. The fourth-order valence-corrected chi connectivity index (χ4v) is 5.66. The van der Waals surface area contributed by atoms with Crippen molar-refractivity contribution in [2.45, 2.75) is 38.3 Å². The smallest absolute Gasteiger partial charge is 0.407 e. The molecule has 2 amide bonds. The Balaban J connectivity index is 1.35. The molecular formula is C36H36N2O5. The van der Waals surface area contributed by atoms with Crippen LogP contribution in [0.25, 0.3) is 21.9 Å². The molecule has 7 nitrogen and oxygen atoms in total. The van der Waals surface area contributed by atoms with E-state index in [0.29, 0.717) is 0 Å². The molecule has 0 spiro atoms. The van der Waals surface area contributed by atoms with Gasteiger partial charge < -0.3 is 20.1 Å². The zero-order valence-electron chi connectivity index (χ0n) is 24.4. The monoisotopic (exact) mass is 576 g/mol. The van der Waals surface area contributed by atoms with Crippen LogP contribution in [-0.4, -0.2) is 43.3 Å². The molecule has 1 aliphatic rings. The number of hydrogen-bond donors (Lipinski definition) is 2. The van der Waals surface area contributed by atoms with E-state index in [1.165, 1.54) is 6.08 Å². The molecule has 0 unspecified atom stereocenters. The zero-order valence-corrected chi connectivity index (χ0v) is 24.4. The lowest BCUT2D eigenvalue weighted by molar-refractivity contribution is -0.148. The molecule has 0 bridgehead atoms. The Morgan fingerprint density at radius 1 is 0.814 bits per heavy atom. The number of fused-ring (bicyclic) bond motifs is 4. The van der Waals surface area contributed by atoms with Gasteiger partial charge in [0.25, 0.3) is 0 Å². The Morgan fingerprint density at radius 3 is 2.12 bits per heavy atom. The average Bonchev–Trinajstić information content (AvgIpc) is 3.34. The minimum Gasteiger partial charge on any atom is -0.460 e. The van der Waals surface area contributed by atoms with Gasteiger partial charge in [-0.3, -0.25) is 4.79 Å². The number of alkyl carbamates (subject to hydrolysis) is 1. The Morgan fingerprint density at radius 2 is 1.44 bits per heavy atom. The molecule has 4 aromatic carbocycles. The second-order valence-electron chi connectivity index (χ2n) is 11.0. The van der Waals surface area contributed by atoms with Crippen LogP contribution < -0.4 is 10.6 Å². The van der Waals surface area contributed by atoms with Gasteiger partial charge in [-0.1, -0.05) is 117 Å². The van der Waals surface area contributed by atoms with Gasteiger partial charge in [-0.05, 0) is 44.5 Å². The van der Waals surface area contributed by atoms with Gasteiger partial charge in [-0.2, -0.15) is 0 Å². The topological polar surface area (TPSA) is 93.7 Å². The highest BCUT2D eigenvalue weighted by molar-refractivity contribution is 5.91. The molecular weight excluding hydrogens is 540 g/mol. The first-order valence-electron chi connectivity index (χ1n) is 14.5. The van der Waals surface area contributed by atoms with Crippen molar-refractivity contribution in [1.82, 2.24) is 10.6 Å². The predicted molar refractivity (Wildman–Crippen MR) is 168 cm³/mol. The Bertz CT molecular complexity index is 1600. The van der Waals surface area contributed by atoms with Crippen molar-refractivity contribution >= 4 is 28.7 Å². The van der Waals surface area contributed by atoms with Crippen molar-refractivity contribution in [2.75, 3.05) is 13.2 Å². The highest BCUT2D eigenvalue weighted by Crippen LogP contribution is 2.44. The first kappa shape index (κ1) is 29.6. The van der Waals surface area contributed by atoms with E-state index >= 15 is 0 Å². The van der Waals surface area contributed by atoms with Crippen molar-refractivity contribution in [3.8, 4) is 11.1 Å². The van der Waals surface area contributed by atoms with Crippen molar-refractivity contribution < 1.29 is 23.9 Å². The van der Waals surface area contributed by atoms with E-state index in [9.17, 15) is 14.4 Å². The second-order valence-corrected chi connectivity index (χ2v) is 11.0. The van der Waals surface area contributed by atoms with Gasteiger partial charge in [0.2, 0.25) is 5.91 Å². The third kappa shape index (κ3) is 6.61. The number of amides is 2. The van der Waals surface area contributed by atoms with Crippen LogP contribution in [0, 0.1) is 5.92 Å². The van der Waals surface area contributed by atoms with Crippen molar-refractivity contribution in [3.63, 3.8) is 0 Å². The second kappa shape index (κ2) is 13.4. The van der Waals surface area contributed by atoms with Crippen LogP contribution in [0.4, 0.5) is 4.79 Å². The lowest BCUT2D eigenvalue weighted by atomic mass is 9.97. The fourth-order valence-electron chi connectivity index (χ4n) is 5.66. The molecule has 2 atom stereocenters. The van der Waals surface area contributed by atoms with E-state index in [2.05, 4.69) is 41.5 Å². The van der Waals surface area contributed by atoms with Gasteiger partial charge in [-0.15, -0.1) is 0 Å². The number of hydrogen-bond acceptors (Lipinski definition) is 5. The van der Waals surface area contributed by atoms with E-state index < -0.39 is 30.1 Å². The van der Waals surface area contributed by atoms with Crippen LogP contribution in [0.3, 0.4) is 0 Å². The van der Waals surface area contributed by atoms with Crippen molar-refractivity contribution in [2.24, 2.45) is 5.92 Å². The molecule has 0 fully saturated rings. The standard InChI is InChI=1S/C36H36N2O5/c1-4-20-42-35(40)33(23(2)3)38-34(39)32(21-25-14-11-13-24-12-5-6-15-26(24)25)37-36(41)43-22-31-29-18-9-7-16-27(29)28-17-8-10-19-30(28)31/h4-19,23,31-33H,1,20-22H2,2-3H3,(H,37,41)(H,38,39)/t32-,33-/m0/s1. The van der Waals surface area contributed by atoms with E-state index in [0.717, 1.165) is 38.6 Å². The number of benzene rings is 4. The highest BCUT2D eigenvalue weighted by Gasteiger charge is 2.32. The molecule has 0 saturated carbocycles. The largest absolute Gasteiger partial charge is 0.460 e. The third-order valence-corrected chi connectivity index (χ3v) is 7.82. The number of esters is 1. The molecule has 0 aliphatic heterocycles. The van der Waals surface area contributed by atoms with Crippen LogP contribution in [0.5, 0.6) is 0 Å². The Labute approximate surface area is 251 Å². The normalized spacial score (nSPS) is 13.5. The molecule has 220 valence electrons. The van der Waals surface area contributed by atoms with Gasteiger partial charge >= 0.3 is 12.1 Å². The quantitative estimate of drug-likeness (QED) is 0.165. The first-order chi connectivity index (χ1) is 20.9. The summed E-state index contributed by atoms with van der Waals surface area (Å²) in [6.45, 7) is 7.36. The third-order valence-electron chi connectivity index (χ3n) is 7.82. The van der Waals surface area contributed by atoms with Crippen molar-refractivity contribution in [3.05, 3.63) is 120 Å². The average molecular weight is 577 g/mol. The maximum absolute atomic E-state index is 13.7. The molecule has 0 radical (unpaired) electrons. The number of rotatable bonds is 11. The first-order valence-corrected chi connectivity index (χ1v) is 14.5. The van der Waals surface area contributed by atoms with Gasteiger partial charge in [0.15, 0.2) is 0 Å². The molecule has 7 heteroatoms. The SMILES string of the molecule is C=CCOC(=O)[C@@H](NC(=O)[C@H](Cc1cccc2ccccc12)NC(=O)OCC1c2ccccc2-c2ccccc21)C(C)C. The van der Waals surface area contributed by atoms with Crippen molar-refractivity contribution in [1.29, 1.82) is 0 Å². The lowest BCUT2D eigenvalue weighted by Gasteiger charge is -2.25. The van der Waals surface area contributed by atoms with Crippen LogP contribution in [0.15, 0.2) is 104 Å². The predicted octanol–water partition coefficient (Wildman–Crippen LogP) is 6.16. The number of ether oxygens (including phenoxy) is 2. The van der Waals surface area contributed by atoms with E-state index in [4.69, 9.17) is 9.47 Å². The minimum atomic E-state index is -1.00. The summed E-state index contributed by atoms with van der Waals surface area (Å²) in [6.07, 6.45) is 0.959. The molecule has 1 aliphatic carbocycles. The number of carbonyl (C=O) groups excluding carboxylic acids is 3. The maximum atomic E-state index is 13.7. The van der Waals surface area contributed by atoms with E-state index in [-0.39, 0.29) is 31.5 Å². The van der Waals surface area contributed by atoms with Gasteiger partial charge in [-0.25, -0.2) is 9.59 Å². The van der Waals surface area contributed by atoms with Gasteiger partial charge in [0.05, 0.1) is 0 Å². The maximum Gasteiger partial charge on any atom is 0.407 e. The van der Waals surface area contributed by atoms with Crippen LogP contribution >= 0.6 is 0 Å².